The molecule has 0 bridgehead atoms. The minimum atomic E-state index is -0.548. The average molecular weight is 244 g/mol. The molecule has 1 N–H and O–H groups in total. The van der Waals surface area contributed by atoms with Crippen molar-refractivity contribution in [2.75, 3.05) is 6.61 Å². The number of rotatable bonds is 5. The van der Waals surface area contributed by atoms with Gasteiger partial charge >= 0.3 is 0 Å². The summed E-state index contributed by atoms with van der Waals surface area (Å²) >= 11 is 0. The Hall–Kier alpha value is -0.490. The van der Waals surface area contributed by atoms with Gasteiger partial charge in [-0.2, -0.15) is 0 Å². The van der Waals surface area contributed by atoms with Gasteiger partial charge in [0.05, 0.1) is 6.10 Å². The van der Waals surface area contributed by atoms with E-state index in [9.17, 15) is 4.79 Å². The highest BCUT2D eigenvalue weighted by Crippen LogP contribution is 2.38. The molecular formula is C12H20O5. The Morgan fingerprint density at radius 2 is 2.18 bits per heavy atom. The van der Waals surface area contributed by atoms with Gasteiger partial charge in [0.1, 0.15) is 12.7 Å². The van der Waals surface area contributed by atoms with E-state index in [-0.39, 0.29) is 30.9 Å². The summed E-state index contributed by atoms with van der Waals surface area (Å²) in [5, 5.41) is 8.59. The van der Waals surface area contributed by atoms with E-state index in [1.165, 1.54) is 0 Å². The molecule has 2 aliphatic rings. The maximum atomic E-state index is 10.9. The van der Waals surface area contributed by atoms with E-state index in [1.54, 1.807) is 0 Å². The first-order valence-corrected chi connectivity index (χ1v) is 6.14. The normalized spacial score (nSPS) is 34.9. The summed E-state index contributed by atoms with van der Waals surface area (Å²) in [6.07, 6.45) is 2.65. The van der Waals surface area contributed by atoms with E-state index in [0.717, 1.165) is 19.3 Å². The number of carbonyl (C=O) groups is 1. The average Bonchev–Trinajstić information content (AvgIpc) is 2.70. The lowest BCUT2D eigenvalue weighted by atomic mass is 10.1. The largest absolute Gasteiger partial charge is 0.389 e. The number of hydrogen-bond acceptors (Lipinski definition) is 5. The van der Waals surface area contributed by atoms with E-state index in [4.69, 9.17) is 19.3 Å². The van der Waals surface area contributed by atoms with Gasteiger partial charge in [0, 0.05) is 12.8 Å². The molecule has 17 heavy (non-hydrogen) atoms. The maximum Gasteiger partial charge on any atom is 0.187 e. The van der Waals surface area contributed by atoms with Crippen molar-refractivity contribution in [2.45, 2.75) is 63.8 Å². The molecule has 0 radical (unpaired) electrons. The fourth-order valence-corrected chi connectivity index (χ4v) is 2.37. The zero-order valence-corrected chi connectivity index (χ0v) is 10.3. The number of carbonyl (C=O) groups excluding carboxylic acids is 1. The van der Waals surface area contributed by atoms with E-state index in [0.29, 0.717) is 6.42 Å². The molecule has 0 amide bonds. The summed E-state index contributed by atoms with van der Waals surface area (Å²) < 4.78 is 17.0. The first-order valence-electron chi connectivity index (χ1n) is 6.14. The van der Waals surface area contributed by atoms with Gasteiger partial charge in [0.2, 0.25) is 0 Å². The Kier molecular flexibility index (Phi) is 3.82. The van der Waals surface area contributed by atoms with Crippen LogP contribution in [0.3, 0.4) is 0 Å². The molecule has 5 nitrogen and oxygen atoms in total. The highest BCUT2D eigenvalue weighted by molar-refractivity contribution is 5.79. The topological polar surface area (TPSA) is 65.0 Å². The van der Waals surface area contributed by atoms with Crippen LogP contribution < -0.4 is 0 Å². The van der Waals surface area contributed by atoms with Crippen molar-refractivity contribution < 1.29 is 24.1 Å². The molecule has 3 atom stereocenters. The molecule has 0 aliphatic carbocycles. The molecule has 5 heteroatoms. The predicted octanol–water partition coefficient (Wildman–Crippen LogP) is 0.985. The zero-order valence-electron chi connectivity index (χ0n) is 10.3. The molecule has 0 aromatic heterocycles. The smallest absolute Gasteiger partial charge is 0.187 e. The van der Waals surface area contributed by atoms with Crippen molar-refractivity contribution in [3.63, 3.8) is 0 Å². The molecule has 0 aromatic carbocycles. The first-order chi connectivity index (χ1) is 8.00. The predicted molar refractivity (Wildman–Crippen MR) is 59.3 cm³/mol. The van der Waals surface area contributed by atoms with Gasteiger partial charge in [-0.05, 0) is 26.7 Å². The van der Waals surface area contributed by atoms with Crippen LogP contribution in [0, 0.1) is 0 Å². The van der Waals surface area contributed by atoms with E-state index >= 15 is 0 Å². The summed E-state index contributed by atoms with van der Waals surface area (Å²) in [4.78, 5) is 10.9. The standard InChI is InChI=1S/C12H20O5/c1-12(2)16-10-6-9(15-11(10)17-12)5-3-4-8(14)7-13/h9-11,13H,3-7H2,1-2H3/t9-,10-,11?/m1/s1. The number of ether oxygens (including phenoxy) is 3. The van der Waals surface area contributed by atoms with Crippen LogP contribution in [0.4, 0.5) is 0 Å². The molecule has 2 fully saturated rings. The van der Waals surface area contributed by atoms with E-state index in [1.807, 2.05) is 13.8 Å². The fourth-order valence-electron chi connectivity index (χ4n) is 2.37. The van der Waals surface area contributed by atoms with E-state index in [2.05, 4.69) is 0 Å². The molecule has 0 aromatic rings. The Labute approximate surface area is 101 Å². The third kappa shape index (κ3) is 3.25. The van der Waals surface area contributed by atoms with Crippen LogP contribution in [0.2, 0.25) is 0 Å². The summed E-state index contributed by atoms with van der Waals surface area (Å²) in [5.74, 6) is -0.663. The Balaban J connectivity index is 1.69. The molecule has 2 saturated heterocycles. The van der Waals surface area contributed by atoms with Crippen LogP contribution in [-0.4, -0.2) is 41.8 Å². The van der Waals surface area contributed by atoms with Gasteiger partial charge in [0.25, 0.3) is 0 Å². The zero-order chi connectivity index (χ0) is 12.5. The van der Waals surface area contributed by atoms with Gasteiger partial charge in [-0.25, -0.2) is 0 Å². The first kappa shape index (κ1) is 13.0. The second-order valence-corrected chi connectivity index (χ2v) is 5.13. The van der Waals surface area contributed by atoms with Gasteiger partial charge < -0.3 is 19.3 Å². The highest BCUT2D eigenvalue weighted by Gasteiger charge is 2.48. The van der Waals surface area contributed by atoms with Crippen LogP contribution in [0.15, 0.2) is 0 Å². The summed E-state index contributed by atoms with van der Waals surface area (Å²) in [5.41, 5.74) is 0. The summed E-state index contributed by atoms with van der Waals surface area (Å²) in [7, 11) is 0. The molecule has 2 aliphatic heterocycles. The lowest BCUT2D eigenvalue weighted by molar-refractivity contribution is -0.205. The monoisotopic (exact) mass is 244 g/mol. The molecule has 0 saturated carbocycles. The van der Waals surface area contributed by atoms with Crippen LogP contribution in [0.5, 0.6) is 0 Å². The third-order valence-electron chi connectivity index (χ3n) is 3.12. The lowest BCUT2D eigenvalue weighted by Gasteiger charge is -2.20. The van der Waals surface area contributed by atoms with Crippen molar-refractivity contribution in [3.8, 4) is 0 Å². The molecule has 0 spiro atoms. The van der Waals surface area contributed by atoms with Crippen LogP contribution in [0.25, 0.3) is 0 Å². The Morgan fingerprint density at radius 1 is 1.41 bits per heavy atom. The molecule has 1 unspecified atom stereocenters. The van der Waals surface area contributed by atoms with Crippen molar-refractivity contribution in [1.82, 2.24) is 0 Å². The molecular weight excluding hydrogens is 224 g/mol. The van der Waals surface area contributed by atoms with Crippen molar-refractivity contribution in [1.29, 1.82) is 0 Å². The van der Waals surface area contributed by atoms with Crippen molar-refractivity contribution in [3.05, 3.63) is 0 Å². The van der Waals surface area contributed by atoms with Crippen LogP contribution >= 0.6 is 0 Å². The summed E-state index contributed by atoms with van der Waals surface area (Å²) in [6.45, 7) is 3.39. The Bertz CT molecular complexity index is 273. The number of aliphatic hydroxyl groups excluding tert-OH is 1. The van der Waals surface area contributed by atoms with Crippen LogP contribution in [0.1, 0.15) is 39.5 Å². The maximum absolute atomic E-state index is 10.9. The molecule has 2 rings (SSSR count). The SMILES string of the molecule is CC1(C)OC2O[C@H](CCCC(=O)CO)C[C@H]2O1. The van der Waals surface area contributed by atoms with Gasteiger partial charge in [0.15, 0.2) is 17.9 Å². The molecule has 2 heterocycles. The lowest BCUT2D eigenvalue weighted by Crippen LogP contribution is -2.24. The van der Waals surface area contributed by atoms with Gasteiger partial charge in [-0.1, -0.05) is 0 Å². The van der Waals surface area contributed by atoms with Crippen LogP contribution in [-0.2, 0) is 19.0 Å². The number of fused-ring (bicyclic) bond motifs is 1. The third-order valence-corrected chi connectivity index (χ3v) is 3.12. The van der Waals surface area contributed by atoms with Gasteiger partial charge in [-0.3, -0.25) is 4.79 Å². The van der Waals surface area contributed by atoms with Gasteiger partial charge in [-0.15, -0.1) is 0 Å². The Morgan fingerprint density at radius 3 is 2.82 bits per heavy atom. The number of hydrogen-bond donors (Lipinski definition) is 1. The van der Waals surface area contributed by atoms with E-state index < -0.39 is 5.79 Å². The number of ketones is 1. The second-order valence-electron chi connectivity index (χ2n) is 5.13. The molecule has 98 valence electrons. The highest BCUT2D eigenvalue weighted by atomic mass is 16.8. The minimum Gasteiger partial charge on any atom is -0.389 e. The second kappa shape index (κ2) is 5.02. The summed E-state index contributed by atoms with van der Waals surface area (Å²) in [6, 6.07) is 0. The number of aliphatic hydroxyl groups is 1. The number of Topliss-reactive ketones (excluding diaryl/α,β-unsaturated/α-hetero) is 1. The van der Waals surface area contributed by atoms with Crippen molar-refractivity contribution >= 4 is 5.78 Å². The minimum absolute atomic E-state index is 0.0172. The fraction of sp³-hybridized carbons (Fsp3) is 0.917. The van der Waals surface area contributed by atoms with Crippen molar-refractivity contribution in [2.24, 2.45) is 0 Å². The quantitative estimate of drug-likeness (QED) is 0.781.